The van der Waals surface area contributed by atoms with E-state index in [9.17, 15) is 9.59 Å². The normalized spacial score (nSPS) is 14.7. The molecular formula is C20H22ClN3O2. The highest BCUT2D eigenvalue weighted by atomic mass is 35.5. The van der Waals surface area contributed by atoms with Gasteiger partial charge in [-0.1, -0.05) is 48.0 Å². The highest BCUT2D eigenvalue weighted by Gasteiger charge is 2.34. The van der Waals surface area contributed by atoms with Crippen molar-refractivity contribution in [2.45, 2.75) is 31.8 Å². The smallest absolute Gasteiger partial charge is 0.308 e. The van der Waals surface area contributed by atoms with Crippen molar-refractivity contribution >= 4 is 29.2 Å². The molecule has 1 fully saturated rings. The summed E-state index contributed by atoms with van der Waals surface area (Å²) < 4.78 is 0. The van der Waals surface area contributed by atoms with Crippen LogP contribution < -0.4 is 10.6 Å². The third-order valence-corrected chi connectivity index (χ3v) is 4.82. The minimum Gasteiger partial charge on any atom is -0.308 e. The van der Waals surface area contributed by atoms with Crippen molar-refractivity contribution in [2.24, 2.45) is 0 Å². The van der Waals surface area contributed by atoms with Crippen LogP contribution in [0.3, 0.4) is 0 Å². The van der Waals surface area contributed by atoms with E-state index in [1.54, 1.807) is 12.1 Å². The Morgan fingerprint density at radius 2 is 1.77 bits per heavy atom. The third kappa shape index (κ3) is 4.84. The molecule has 2 N–H and O–H groups in total. The molecule has 1 atom stereocenters. The Labute approximate surface area is 158 Å². The first-order valence-electron chi connectivity index (χ1n) is 8.70. The van der Waals surface area contributed by atoms with E-state index in [0.29, 0.717) is 16.8 Å². The molecule has 136 valence electrons. The molecule has 0 radical (unpaired) electrons. The van der Waals surface area contributed by atoms with Crippen LogP contribution in [0.5, 0.6) is 0 Å². The van der Waals surface area contributed by atoms with Crippen molar-refractivity contribution in [3.8, 4) is 0 Å². The monoisotopic (exact) mass is 371 g/mol. The molecule has 0 heterocycles. The van der Waals surface area contributed by atoms with E-state index in [4.69, 9.17) is 11.6 Å². The highest BCUT2D eigenvalue weighted by molar-refractivity contribution is 6.31. The molecule has 1 aliphatic rings. The number of hydrogen-bond acceptors (Lipinski definition) is 3. The number of halogens is 1. The average Bonchev–Trinajstić information content (AvgIpc) is 3.45. The van der Waals surface area contributed by atoms with E-state index < -0.39 is 6.03 Å². The van der Waals surface area contributed by atoms with Crippen LogP contribution >= 0.6 is 11.6 Å². The van der Waals surface area contributed by atoms with Crippen molar-refractivity contribution in [3.05, 3.63) is 65.2 Å². The zero-order chi connectivity index (χ0) is 18.5. The lowest BCUT2D eigenvalue weighted by molar-refractivity contribution is -0.121. The molecule has 0 spiro atoms. The fourth-order valence-electron chi connectivity index (χ4n) is 3.00. The van der Waals surface area contributed by atoms with Gasteiger partial charge in [0.15, 0.2) is 0 Å². The molecule has 2 aromatic carbocycles. The maximum atomic E-state index is 12.4. The van der Waals surface area contributed by atoms with E-state index in [1.165, 1.54) is 0 Å². The standard InChI is InChI=1S/C20H22ClN3O2/c1-14(17-9-5-6-10-18(17)21)24(16-11-12-16)13-19(25)23-20(26)22-15-7-3-2-4-8-15/h2-10,14,16H,11-13H2,1H3,(H2,22,23,25,26). The number of urea groups is 1. The van der Waals surface area contributed by atoms with Gasteiger partial charge in [0.2, 0.25) is 5.91 Å². The second-order valence-electron chi connectivity index (χ2n) is 6.47. The largest absolute Gasteiger partial charge is 0.325 e. The highest BCUT2D eigenvalue weighted by Crippen LogP contribution is 2.36. The molecular weight excluding hydrogens is 350 g/mol. The maximum Gasteiger partial charge on any atom is 0.325 e. The molecule has 0 aromatic heterocycles. The van der Waals surface area contributed by atoms with Crippen molar-refractivity contribution in [3.63, 3.8) is 0 Å². The van der Waals surface area contributed by atoms with Gasteiger partial charge in [0.05, 0.1) is 6.54 Å². The number of nitrogens with zero attached hydrogens (tertiary/aromatic N) is 1. The Bertz CT molecular complexity index is 778. The van der Waals surface area contributed by atoms with Gasteiger partial charge in [-0.3, -0.25) is 15.0 Å². The zero-order valence-corrected chi connectivity index (χ0v) is 15.4. The summed E-state index contributed by atoms with van der Waals surface area (Å²) in [6.07, 6.45) is 2.11. The summed E-state index contributed by atoms with van der Waals surface area (Å²) in [6, 6.07) is 16.5. The third-order valence-electron chi connectivity index (χ3n) is 4.48. The van der Waals surface area contributed by atoms with E-state index in [1.807, 2.05) is 49.4 Å². The van der Waals surface area contributed by atoms with Gasteiger partial charge < -0.3 is 5.32 Å². The topological polar surface area (TPSA) is 61.4 Å². The molecule has 1 unspecified atom stereocenters. The number of rotatable bonds is 6. The molecule has 2 aromatic rings. The van der Waals surface area contributed by atoms with Crippen molar-refractivity contribution in [2.75, 3.05) is 11.9 Å². The van der Waals surface area contributed by atoms with Gasteiger partial charge in [0.25, 0.3) is 0 Å². The number of amides is 3. The summed E-state index contributed by atoms with van der Waals surface area (Å²) in [6.45, 7) is 2.19. The van der Waals surface area contributed by atoms with E-state index in [0.717, 1.165) is 18.4 Å². The molecule has 3 rings (SSSR count). The molecule has 1 aliphatic carbocycles. The first-order chi connectivity index (χ1) is 12.5. The number of carbonyl (C=O) groups is 2. The fourth-order valence-corrected chi connectivity index (χ4v) is 3.29. The summed E-state index contributed by atoms with van der Waals surface area (Å²) >= 11 is 6.31. The van der Waals surface area contributed by atoms with Gasteiger partial charge in [-0.2, -0.15) is 0 Å². The number of hydrogen-bond donors (Lipinski definition) is 2. The van der Waals surface area contributed by atoms with Crippen LogP contribution in [-0.4, -0.2) is 29.4 Å². The number of nitrogens with one attached hydrogen (secondary N) is 2. The van der Waals surface area contributed by atoms with E-state index >= 15 is 0 Å². The van der Waals surface area contributed by atoms with Crippen molar-refractivity contribution in [1.82, 2.24) is 10.2 Å². The Morgan fingerprint density at radius 1 is 1.12 bits per heavy atom. The van der Waals surface area contributed by atoms with Gasteiger partial charge >= 0.3 is 6.03 Å². The van der Waals surface area contributed by atoms with Crippen LogP contribution in [0.1, 0.15) is 31.4 Å². The van der Waals surface area contributed by atoms with Crippen LogP contribution in [0, 0.1) is 0 Å². The number of benzene rings is 2. The molecule has 26 heavy (non-hydrogen) atoms. The molecule has 3 amide bonds. The van der Waals surface area contributed by atoms with Crippen LogP contribution in [-0.2, 0) is 4.79 Å². The molecule has 0 saturated heterocycles. The molecule has 0 aliphatic heterocycles. The minimum atomic E-state index is -0.526. The summed E-state index contributed by atoms with van der Waals surface area (Å²) in [5.74, 6) is -0.329. The lowest BCUT2D eigenvalue weighted by Gasteiger charge is -2.29. The van der Waals surface area contributed by atoms with Gasteiger partial charge in [-0.05, 0) is 43.5 Å². The average molecular weight is 372 g/mol. The van der Waals surface area contributed by atoms with E-state index in [2.05, 4.69) is 15.5 Å². The van der Waals surface area contributed by atoms with Crippen molar-refractivity contribution < 1.29 is 9.59 Å². The van der Waals surface area contributed by atoms with Crippen LogP contribution in [0.25, 0.3) is 0 Å². The Hall–Kier alpha value is -2.37. The number of carbonyl (C=O) groups excluding carboxylic acids is 2. The van der Waals surface area contributed by atoms with Crippen LogP contribution in [0.2, 0.25) is 5.02 Å². The first kappa shape index (κ1) is 18.4. The van der Waals surface area contributed by atoms with Gasteiger partial charge in [0, 0.05) is 22.8 Å². The summed E-state index contributed by atoms with van der Waals surface area (Å²) in [7, 11) is 0. The number of anilines is 1. The molecule has 1 saturated carbocycles. The predicted molar refractivity (Wildman–Crippen MR) is 103 cm³/mol. The molecule has 6 heteroatoms. The fraction of sp³-hybridized carbons (Fsp3) is 0.300. The second-order valence-corrected chi connectivity index (χ2v) is 6.88. The van der Waals surface area contributed by atoms with Gasteiger partial charge in [0.1, 0.15) is 0 Å². The lowest BCUT2D eigenvalue weighted by Crippen LogP contribution is -2.43. The molecule has 0 bridgehead atoms. The van der Waals surface area contributed by atoms with Crippen molar-refractivity contribution in [1.29, 1.82) is 0 Å². The predicted octanol–water partition coefficient (Wildman–Crippen LogP) is 4.21. The lowest BCUT2D eigenvalue weighted by atomic mass is 10.1. The Morgan fingerprint density at radius 3 is 2.42 bits per heavy atom. The van der Waals surface area contributed by atoms with Crippen LogP contribution in [0.4, 0.5) is 10.5 Å². The Balaban J connectivity index is 1.60. The molecule has 5 nitrogen and oxygen atoms in total. The SMILES string of the molecule is CC(c1ccccc1Cl)N(CC(=O)NC(=O)Nc1ccccc1)C1CC1. The van der Waals surface area contributed by atoms with Gasteiger partial charge in [-0.25, -0.2) is 4.79 Å². The van der Waals surface area contributed by atoms with Crippen LogP contribution in [0.15, 0.2) is 54.6 Å². The summed E-state index contributed by atoms with van der Waals surface area (Å²) in [4.78, 5) is 26.5. The number of imide groups is 1. The first-order valence-corrected chi connectivity index (χ1v) is 9.08. The number of para-hydroxylation sites is 1. The second kappa shape index (κ2) is 8.34. The van der Waals surface area contributed by atoms with E-state index in [-0.39, 0.29) is 18.5 Å². The summed E-state index contributed by atoms with van der Waals surface area (Å²) in [5, 5.41) is 5.74. The Kier molecular flexibility index (Phi) is 5.91. The maximum absolute atomic E-state index is 12.4. The summed E-state index contributed by atoms with van der Waals surface area (Å²) in [5.41, 5.74) is 1.63. The quantitative estimate of drug-likeness (QED) is 0.799. The zero-order valence-electron chi connectivity index (χ0n) is 14.6. The minimum absolute atomic E-state index is 0.000801. The van der Waals surface area contributed by atoms with Gasteiger partial charge in [-0.15, -0.1) is 0 Å².